The summed E-state index contributed by atoms with van der Waals surface area (Å²) in [6.07, 6.45) is 0.651. The van der Waals surface area contributed by atoms with Crippen molar-refractivity contribution in [2.24, 2.45) is 5.73 Å². The third-order valence-corrected chi connectivity index (χ3v) is 3.28. The summed E-state index contributed by atoms with van der Waals surface area (Å²) >= 11 is 7.98. The zero-order valence-corrected chi connectivity index (χ0v) is 13.5. The number of thiocarbonyl (C=S) groups is 1. The van der Waals surface area contributed by atoms with Crippen molar-refractivity contribution in [2.75, 3.05) is 20.2 Å². The number of amides is 1. The maximum atomic E-state index is 13.4. The SMILES string of the molecule is CN(CCC(N)=S)C(=O)CCOc1cc(Br)ccc1F. The number of nitrogens with two attached hydrogens (primary N) is 1. The highest BCUT2D eigenvalue weighted by atomic mass is 79.9. The molecule has 0 aromatic heterocycles. The van der Waals surface area contributed by atoms with Crippen molar-refractivity contribution in [2.45, 2.75) is 12.8 Å². The first kappa shape index (κ1) is 16.8. The molecule has 20 heavy (non-hydrogen) atoms. The number of halogens is 2. The van der Waals surface area contributed by atoms with Gasteiger partial charge in [-0.25, -0.2) is 4.39 Å². The van der Waals surface area contributed by atoms with E-state index in [1.54, 1.807) is 13.1 Å². The van der Waals surface area contributed by atoms with Gasteiger partial charge in [-0.1, -0.05) is 28.1 Å². The number of benzene rings is 1. The standard InChI is InChI=1S/C13H16BrFN2O2S/c1-17(6-4-12(16)20)13(18)5-7-19-11-8-9(14)2-3-10(11)15/h2-3,8H,4-7H2,1H3,(H2,16,20). The molecule has 0 spiro atoms. The fourth-order valence-electron chi connectivity index (χ4n) is 1.43. The molecule has 110 valence electrons. The molecule has 0 unspecified atom stereocenters. The molecule has 0 aliphatic carbocycles. The van der Waals surface area contributed by atoms with E-state index in [0.29, 0.717) is 22.4 Å². The van der Waals surface area contributed by atoms with Gasteiger partial charge in [0.1, 0.15) is 0 Å². The van der Waals surface area contributed by atoms with E-state index in [-0.39, 0.29) is 24.7 Å². The summed E-state index contributed by atoms with van der Waals surface area (Å²) < 4.78 is 19.4. The Balaban J connectivity index is 2.38. The van der Waals surface area contributed by atoms with E-state index in [9.17, 15) is 9.18 Å². The lowest BCUT2D eigenvalue weighted by Crippen LogP contribution is -2.30. The van der Waals surface area contributed by atoms with Crippen LogP contribution in [0.25, 0.3) is 0 Å². The smallest absolute Gasteiger partial charge is 0.225 e. The minimum Gasteiger partial charge on any atom is -0.490 e. The second-order valence-corrected chi connectivity index (χ2v) is 5.64. The Morgan fingerprint density at radius 3 is 2.85 bits per heavy atom. The Bertz CT molecular complexity index is 499. The number of hydrogen-bond donors (Lipinski definition) is 1. The number of carbonyl (C=O) groups excluding carboxylic acids is 1. The zero-order valence-electron chi connectivity index (χ0n) is 11.1. The largest absolute Gasteiger partial charge is 0.490 e. The molecule has 1 aromatic rings. The highest BCUT2D eigenvalue weighted by Crippen LogP contribution is 2.22. The molecule has 2 N–H and O–H groups in total. The number of carbonyl (C=O) groups is 1. The van der Waals surface area contributed by atoms with E-state index in [0.717, 1.165) is 0 Å². The molecule has 0 fully saturated rings. The molecule has 4 nitrogen and oxygen atoms in total. The summed E-state index contributed by atoms with van der Waals surface area (Å²) in [5.74, 6) is -0.433. The fraction of sp³-hybridized carbons (Fsp3) is 0.385. The maximum absolute atomic E-state index is 13.4. The van der Waals surface area contributed by atoms with Crippen LogP contribution in [0.2, 0.25) is 0 Å². The molecule has 1 amide bonds. The van der Waals surface area contributed by atoms with E-state index >= 15 is 0 Å². The molecule has 7 heteroatoms. The number of rotatable bonds is 7. The van der Waals surface area contributed by atoms with Crippen LogP contribution in [0.1, 0.15) is 12.8 Å². The molecule has 0 saturated carbocycles. The fourth-order valence-corrected chi connectivity index (χ4v) is 1.86. The van der Waals surface area contributed by atoms with Gasteiger partial charge in [0.25, 0.3) is 0 Å². The van der Waals surface area contributed by atoms with E-state index in [4.69, 9.17) is 22.7 Å². The lowest BCUT2D eigenvalue weighted by molar-refractivity contribution is -0.130. The monoisotopic (exact) mass is 362 g/mol. The minimum atomic E-state index is -0.456. The molecule has 1 rings (SSSR count). The van der Waals surface area contributed by atoms with Crippen molar-refractivity contribution in [1.29, 1.82) is 0 Å². The van der Waals surface area contributed by atoms with E-state index in [2.05, 4.69) is 15.9 Å². The van der Waals surface area contributed by atoms with Gasteiger partial charge in [0.2, 0.25) is 5.91 Å². The second kappa shape index (κ2) is 8.16. The molecule has 0 bridgehead atoms. The van der Waals surface area contributed by atoms with Gasteiger partial charge in [-0.3, -0.25) is 4.79 Å². The third-order valence-electron chi connectivity index (χ3n) is 2.59. The second-order valence-electron chi connectivity index (χ2n) is 4.20. The Labute approximate surface area is 131 Å². The van der Waals surface area contributed by atoms with Crippen LogP contribution in [0.5, 0.6) is 5.75 Å². The molecule has 0 radical (unpaired) electrons. The van der Waals surface area contributed by atoms with Crippen LogP contribution in [0.4, 0.5) is 4.39 Å². The first-order chi connectivity index (χ1) is 9.40. The number of hydrogen-bond acceptors (Lipinski definition) is 3. The van der Waals surface area contributed by atoms with Crippen LogP contribution in [0, 0.1) is 5.82 Å². The minimum absolute atomic E-state index is 0.100. The third kappa shape index (κ3) is 5.83. The van der Waals surface area contributed by atoms with E-state index in [1.165, 1.54) is 17.0 Å². The lowest BCUT2D eigenvalue weighted by atomic mass is 10.3. The van der Waals surface area contributed by atoms with Crippen LogP contribution in [0.3, 0.4) is 0 Å². The first-order valence-corrected chi connectivity index (χ1v) is 7.20. The Hall–Kier alpha value is -1.21. The zero-order chi connectivity index (χ0) is 15.1. The molecule has 0 saturated heterocycles. The number of nitrogens with zero attached hydrogens (tertiary/aromatic N) is 1. The van der Waals surface area contributed by atoms with Gasteiger partial charge in [-0.15, -0.1) is 0 Å². The normalized spacial score (nSPS) is 10.2. The van der Waals surface area contributed by atoms with Crippen LogP contribution in [-0.2, 0) is 4.79 Å². The summed E-state index contributed by atoms with van der Waals surface area (Å²) in [4.78, 5) is 13.7. The quantitative estimate of drug-likeness (QED) is 0.757. The Morgan fingerprint density at radius 2 is 2.20 bits per heavy atom. The summed E-state index contributed by atoms with van der Waals surface area (Å²) in [5.41, 5.74) is 5.37. The van der Waals surface area contributed by atoms with Crippen molar-refractivity contribution in [3.8, 4) is 5.75 Å². The van der Waals surface area contributed by atoms with Crippen LogP contribution < -0.4 is 10.5 Å². The Kier molecular flexibility index (Phi) is 6.87. The van der Waals surface area contributed by atoms with Crippen molar-refractivity contribution in [1.82, 2.24) is 4.90 Å². The van der Waals surface area contributed by atoms with Crippen LogP contribution in [-0.4, -0.2) is 36.0 Å². The Morgan fingerprint density at radius 1 is 1.50 bits per heavy atom. The van der Waals surface area contributed by atoms with Gasteiger partial charge in [0, 0.05) is 24.5 Å². The molecular weight excluding hydrogens is 347 g/mol. The predicted molar refractivity (Wildman–Crippen MR) is 83.3 cm³/mol. The van der Waals surface area contributed by atoms with Crippen LogP contribution >= 0.6 is 28.1 Å². The molecular formula is C13H16BrFN2O2S. The van der Waals surface area contributed by atoms with Gasteiger partial charge in [-0.2, -0.15) is 0 Å². The predicted octanol–water partition coefficient (Wildman–Crippen LogP) is 2.49. The van der Waals surface area contributed by atoms with Gasteiger partial charge in [0.05, 0.1) is 18.0 Å². The lowest BCUT2D eigenvalue weighted by Gasteiger charge is -2.17. The average molecular weight is 363 g/mol. The summed E-state index contributed by atoms with van der Waals surface area (Å²) in [7, 11) is 1.67. The highest BCUT2D eigenvalue weighted by Gasteiger charge is 2.10. The molecule has 1 aromatic carbocycles. The first-order valence-electron chi connectivity index (χ1n) is 6.00. The molecule has 0 aliphatic heterocycles. The van der Waals surface area contributed by atoms with Gasteiger partial charge < -0.3 is 15.4 Å². The van der Waals surface area contributed by atoms with E-state index in [1.807, 2.05) is 0 Å². The molecule has 0 aliphatic rings. The van der Waals surface area contributed by atoms with Gasteiger partial charge in [0.15, 0.2) is 11.6 Å². The molecule has 0 heterocycles. The van der Waals surface area contributed by atoms with Gasteiger partial charge >= 0.3 is 0 Å². The van der Waals surface area contributed by atoms with Crippen molar-refractivity contribution >= 4 is 39.0 Å². The maximum Gasteiger partial charge on any atom is 0.225 e. The van der Waals surface area contributed by atoms with Crippen molar-refractivity contribution < 1.29 is 13.9 Å². The molecule has 0 atom stereocenters. The summed E-state index contributed by atoms with van der Waals surface area (Å²) in [6, 6.07) is 4.41. The average Bonchev–Trinajstić information content (AvgIpc) is 2.39. The summed E-state index contributed by atoms with van der Waals surface area (Å²) in [6.45, 7) is 0.586. The highest BCUT2D eigenvalue weighted by molar-refractivity contribution is 9.10. The topological polar surface area (TPSA) is 55.6 Å². The van der Waals surface area contributed by atoms with Crippen molar-refractivity contribution in [3.63, 3.8) is 0 Å². The van der Waals surface area contributed by atoms with Gasteiger partial charge in [-0.05, 0) is 18.2 Å². The number of ether oxygens (including phenoxy) is 1. The van der Waals surface area contributed by atoms with E-state index < -0.39 is 5.82 Å². The summed E-state index contributed by atoms with van der Waals surface area (Å²) in [5, 5.41) is 0. The van der Waals surface area contributed by atoms with Crippen molar-refractivity contribution in [3.05, 3.63) is 28.5 Å². The van der Waals surface area contributed by atoms with Crippen LogP contribution in [0.15, 0.2) is 22.7 Å².